The van der Waals surface area contributed by atoms with Crippen LogP contribution in [-0.4, -0.2) is 6.54 Å². The highest BCUT2D eigenvalue weighted by Crippen LogP contribution is 2.26. The monoisotopic (exact) mass is 259 g/mol. The molecule has 19 heavy (non-hydrogen) atoms. The van der Waals surface area contributed by atoms with Gasteiger partial charge < -0.3 is 5.32 Å². The van der Waals surface area contributed by atoms with Crippen molar-refractivity contribution in [1.82, 2.24) is 0 Å². The SMILES string of the molecule is CCCCc1ccccc1NCCC1CCCCC1. The molecule has 0 unspecified atom stereocenters. The molecule has 1 aliphatic carbocycles. The molecule has 1 aromatic carbocycles. The van der Waals surface area contributed by atoms with Crippen molar-refractivity contribution in [1.29, 1.82) is 0 Å². The van der Waals surface area contributed by atoms with E-state index >= 15 is 0 Å². The average molecular weight is 259 g/mol. The van der Waals surface area contributed by atoms with E-state index in [0.717, 1.165) is 12.5 Å². The molecule has 1 fully saturated rings. The molecule has 0 heterocycles. The Morgan fingerprint density at radius 3 is 2.68 bits per heavy atom. The molecular weight excluding hydrogens is 230 g/mol. The lowest BCUT2D eigenvalue weighted by atomic mass is 9.87. The van der Waals surface area contributed by atoms with Crippen LogP contribution < -0.4 is 5.32 Å². The molecule has 1 nitrogen and oxygen atoms in total. The van der Waals surface area contributed by atoms with E-state index in [0.29, 0.717) is 0 Å². The normalized spacial score (nSPS) is 16.5. The van der Waals surface area contributed by atoms with Gasteiger partial charge in [-0.1, -0.05) is 63.6 Å². The number of hydrogen-bond acceptors (Lipinski definition) is 1. The lowest BCUT2D eigenvalue weighted by Gasteiger charge is -2.22. The summed E-state index contributed by atoms with van der Waals surface area (Å²) in [6, 6.07) is 8.83. The minimum Gasteiger partial charge on any atom is -0.385 e. The molecule has 106 valence electrons. The molecule has 0 amide bonds. The molecule has 0 saturated heterocycles. The van der Waals surface area contributed by atoms with Gasteiger partial charge in [0.15, 0.2) is 0 Å². The maximum absolute atomic E-state index is 3.67. The van der Waals surface area contributed by atoms with Gasteiger partial charge in [0, 0.05) is 12.2 Å². The average Bonchev–Trinajstić information content (AvgIpc) is 2.47. The van der Waals surface area contributed by atoms with Gasteiger partial charge in [-0.25, -0.2) is 0 Å². The summed E-state index contributed by atoms with van der Waals surface area (Å²) in [4.78, 5) is 0. The number of benzene rings is 1. The van der Waals surface area contributed by atoms with Crippen LogP contribution in [0.1, 0.15) is 63.9 Å². The van der Waals surface area contributed by atoms with Crippen LogP contribution in [0, 0.1) is 5.92 Å². The third-order valence-electron chi connectivity index (χ3n) is 4.41. The van der Waals surface area contributed by atoms with Gasteiger partial charge in [-0.05, 0) is 36.8 Å². The highest BCUT2D eigenvalue weighted by Gasteiger charge is 2.12. The Morgan fingerprint density at radius 1 is 1.11 bits per heavy atom. The molecule has 1 aliphatic rings. The first-order valence-electron chi connectivity index (χ1n) is 8.22. The van der Waals surface area contributed by atoms with E-state index in [4.69, 9.17) is 0 Å². The van der Waals surface area contributed by atoms with Crippen molar-refractivity contribution in [3.8, 4) is 0 Å². The van der Waals surface area contributed by atoms with E-state index in [9.17, 15) is 0 Å². The fraction of sp³-hybridized carbons (Fsp3) is 0.667. The fourth-order valence-electron chi connectivity index (χ4n) is 3.16. The van der Waals surface area contributed by atoms with Crippen LogP contribution in [0.2, 0.25) is 0 Å². The number of rotatable bonds is 7. The Bertz CT molecular complexity index is 352. The molecule has 0 aromatic heterocycles. The Morgan fingerprint density at radius 2 is 1.89 bits per heavy atom. The van der Waals surface area contributed by atoms with Gasteiger partial charge in [-0.2, -0.15) is 0 Å². The molecule has 1 aromatic rings. The summed E-state index contributed by atoms with van der Waals surface area (Å²) < 4.78 is 0. The van der Waals surface area contributed by atoms with Crippen LogP contribution in [-0.2, 0) is 6.42 Å². The lowest BCUT2D eigenvalue weighted by Crippen LogP contribution is -2.12. The van der Waals surface area contributed by atoms with E-state index in [-0.39, 0.29) is 0 Å². The van der Waals surface area contributed by atoms with Gasteiger partial charge in [0.25, 0.3) is 0 Å². The van der Waals surface area contributed by atoms with Crippen molar-refractivity contribution < 1.29 is 0 Å². The molecule has 2 rings (SSSR count). The number of unbranched alkanes of at least 4 members (excludes halogenated alkanes) is 1. The highest BCUT2D eigenvalue weighted by atomic mass is 14.9. The molecular formula is C18H29N. The number of aryl methyl sites for hydroxylation is 1. The second kappa shape index (κ2) is 8.24. The second-order valence-corrected chi connectivity index (χ2v) is 5.98. The Hall–Kier alpha value is -0.980. The van der Waals surface area contributed by atoms with Crippen LogP contribution in [0.3, 0.4) is 0 Å². The Labute approximate surface area is 118 Å². The molecule has 0 aliphatic heterocycles. The lowest BCUT2D eigenvalue weighted by molar-refractivity contribution is 0.345. The molecule has 0 bridgehead atoms. The van der Waals surface area contributed by atoms with Crippen LogP contribution in [0.25, 0.3) is 0 Å². The van der Waals surface area contributed by atoms with Gasteiger partial charge in [-0.3, -0.25) is 0 Å². The minimum absolute atomic E-state index is 0.976. The molecule has 0 radical (unpaired) electrons. The predicted octanol–water partition coefficient (Wildman–Crippen LogP) is 5.41. The van der Waals surface area contributed by atoms with Crippen LogP contribution in [0.5, 0.6) is 0 Å². The van der Waals surface area contributed by atoms with E-state index in [1.807, 2.05) is 0 Å². The van der Waals surface area contributed by atoms with Gasteiger partial charge in [0.1, 0.15) is 0 Å². The van der Waals surface area contributed by atoms with Gasteiger partial charge >= 0.3 is 0 Å². The zero-order chi connectivity index (χ0) is 13.3. The van der Waals surface area contributed by atoms with Gasteiger partial charge in [-0.15, -0.1) is 0 Å². The van der Waals surface area contributed by atoms with Crippen molar-refractivity contribution in [3.63, 3.8) is 0 Å². The topological polar surface area (TPSA) is 12.0 Å². The van der Waals surface area contributed by atoms with Crippen molar-refractivity contribution >= 4 is 5.69 Å². The molecule has 1 saturated carbocycles. The molecule has 1 N–H and O–H groups in total. The van der Waals surface area contributed by atoms with Crippen LogP contribution >= 0.6 is 0 Å². The summed E-state index contributed by atoms with van der Waals surface area (Å²) in [5.41, 5.74) is 2.86. The van der Waals surface area contributed by atoms with Crippen molar-refractivity contribution in [2.24, 2.45) is 5.92 Å². The fourth-order valence-corrected chi connectivity index (χ4v) is 3.16. The summed E-state index contributed by atoms with van der Waals surface area (Å²) in [6.45, 7) is 3.41. The summed E-state index contributed by atoms with van der Waals surface area (Å²) in [7, 11) is 0. The van der Waals surface area contributed by atoms with Gasteiger partial charge in [0.2, 0.25) is 0 Å². The van der Waals surface area contributed by atoms with Crippen molar-refractivity contribution in [2.75, 3.05) is 11.9 Å². The maximum Gasteiger partial charge on any atom is 0.0372 e. The van der Waals surface area contributed by atoms with Crippen molar-refractivity contribution in [2.45, 2.75) is 64.7 Å². The highest BCUT2D eigenvalue weighted by molar-refractivity contribution is 5.51. The first kappa shape index (κ1) is 14.4. The van der Waals surface area contributed by atoms with Gasteiger partial charge in [0.05, 0.1) is 0 Å². The largest absolute Gasteiger partial charge is 0.385 e. The summed E-state index contributed by atoms with van der Waals surface area (Å²) >= 11 is 0. The standard InChI is InChI=1S/C18H29N/c1-2-3-11-17-12-7-8-13-18(17)19-15-14-16-9-5-4-6-10-16/h7-8,12-13,16,19H,2-6,9-11,14-15H2,1H3. The third-order valence-corrected chi connectivity index (χ3v) is 4.41. The molecule has 1 heteroatoms. The molecule has 0 atom stereocenters. The van der Waals surface area contributed by atoms with Crippen LogP contribution in [0.15, 0.2) is 24.3 Å². The zero-order valence-electron chi connectivity index (χ0n) is 12.5. The van der Waals surface area contributed by atoms with Crippen LogP contribution in [0.4, 0.5) is 5.69 Å². The summed E-state index contributed by atoms with van der Waals surface area (Å²) in [5.74, 6) is 0.976. The zero-order valence-corrected chi connectivity index (χ0v) is 12.5. The third kappa shape index (κ3) is 4.89. The minimum atomic E-state index is 0.976. The smallest absolute Gasteiger partial charge is 0.0372 e. The second-order valence-electron chi connectivity index (χ2n) is 5.98. The first-order chi connectivity index (χ1) is 9.40. The molecule has 0 spiro atoms. The summed E-state index contributed by atoms with van der Waals surface area (Å²) in [5, 5.41) is 3.67. The first-order valence-corrected chi connectivity index (χ1v) is 8.22. The van der Waals surface area contributed by atoms with E-state index < -0.39 is 0 Å². The summed E-state index contributed by atoms with van der Waals surface area (Å²) in [6.07, 6.45) is 12.4. The Balaban J connectivity index is 1.77. The van der Waals surface area contributed by atoms with E-state index in [1.165, 1.54) is 69.0 Å². The number of hydrogen-bond donors (Lipinski definition) is 1. The number of nitrogens with one attached hydrogen (secondary N) is 1. The number of para-hydroxylation sites is 1. The maximum atomic E-state index is 3.67. The Kier molecular flexibility index (Phi) is 6.26. The van der Waals surface area contributed by atoms with E-state index in [2.05, 4.69) is 36.5 Å². The predicted molar refractivity (Wildman–Crippen MR) is 84.7 cm³/mol. The van der Waals surface area contributed by atoms with E-state index in [1.54, 1.807) is 0 Å². The quantitative estimate of drug-likeness (QED) is 0.690. The van der Waals surface area contributed by atoms with Crippen molar-refractivity contribution in [3.05, 3.63) is 29.8 Å². The number of anilines is 1.